The first-order valence-corrected chi connectivity index (χ1v) is 9.04. The molecule has 0 spiro atoms. The van der Waals surface area contributed by atoms with Gasteiger partial charge in [-0.15, -0.1) is 11.3 Å². The molecule has 1 N–H and O–H groups in total. The molecular weight excluding hydrogens is 306 g/mol. The third-order valence-corrected chi connectivity index (χ3v) is 4.90. The van der Waals surface area contributed by atoms with Crippen LogP contribution in [-0.4, -0.2) is 28.9 Å². The van der Waals surface area contributed by atoms with Gasteiger partial charge in [0, 0.05) is 17.5 Å². The number of piperidine rings is 1. The number of hydrogen-bond acceptors (Lipinski definition) is 4. The van der Waals surface area contributed by atoms with Gasteiger partial charge in [-0.05, 0) is 51.9 Å². The molecule has 0 bridgehead atoms. The fourth-order valence-electron chi connectivity index (χ4n) is 3.06. The van der Waals surface area contributed by atoms with E-state index in [4.69, 9.17) is 0 Å². The first-order chi connectivity index (χ1) is 11.1. The average molecular weight is 329 g/mol. The zero-order valence-electron chi connectivity index (χ0n) is 13.8. The Bertz CT molecular complexity index is 669. The minimum atomic E-state index is -0.0873. The van der Waals surface area contributed by atoms with E-state index >= 15 is 0 Å². The highest BCUT2D eigenvalue weighted by atomic mass is 32.1. The van der Waals surface area contributed by atoms with E-state index in [1.165, 1.54) is 30.6 Å². The van der Waals surface area contributed by atoms with Gasteiger partial charge in [0.2, 0.25) is 0 Å². The average Bonchev–Trinajstić information content (AvgIpc) is 2.94. The second-order valence-corrected chi connectivity index (χ2v) is 7.17. The molecule has 4 nitrogen and oxygen atoms in total. The Morgan fingerprint density at radius 3 is 2.57 bits per heavy atom. The van der Waals surface area contributed by atoms with Gasteiger partial charge in [0.1, 0.15) is 0 Å². The number of anilines is 1. The van der Waals surface area contributed by atoms with Crippen molar-refractivity contribution < 1.29 is 4.79 Å². The molecule has 23 heavy (non-hydrogen) atoms. The number of carbonyl (C=O) groups excluding carboxylic acids is 1. The maximum Gasteiger partial charge on any atom is 0.257 e. The monoisotopic (exact) mass is 329 g/mol. The predicted octanol–water partition coefficient (Wildman–Crippen LogP) is 4.00. The molecule has 0 atom stereocenters. The molecule has 1 aromatic heterocycles. The van der Waals surface area contributed by atoms with Crippen molar-refractivity contribution in [2.75, 3.05) is 18.4 Å². The van der Waals surface area contributed by atoms with Gasteiger partial charge in [-0.25, -0.2) is 4.98 Å². The molecule has 5 heteroatoms. The number of aryl methyl sites for hydroxylation is 2. The summed E-state index contributed by atoms with van der Waals surface area (Å²) < 4.78 is 0. The number of nitrogens with one attached hydrogen (secondary N) is 1. The van der Waals surface area contributed by atoms with E-state index in [0.717, 1.165) is 36.5 Å². The highest BCUT2D eigenvalue weighted by Crippen LogP contribution is 2.20. The predicted molar refractivity (Wildman–Crippen MR) is 95.1 cm³/mol. The van der Waals surface area contributed by atoms with E-state index in [1.807, 2.05) is 31.4 Å². The summed E-state index contributed by atoms with van der Waals surface area (Å²) in [5.41, 5.74) is 3.93. The summed E-state index contributed by atoms with van der Waals surface area (Å²) in [6.45, 7) is 7.20. The van der Waals surface area contributed by atoms with Gasteiger partial charge < -0.3 is 0 Å². The van der Waals surface area contributed by atoms with E-state index in [9.17, 15) is 4.79 Å². The van der Waals surface area contributed by atoms with Crippen molar-refractivity contribution in [1.29, 1.82) is 0 Å². The molecule has 0 aliphatic carbocycles. The molecule has 1 amide bonds. The number of carbonyl (C=O) groups is 1. The summed E-state index contributed by atoms with van der Waals surface area (Å²) in [6.07, 6.45) is 3.89. The topological polar surface area (TPSA) is 45.2 Å². The third-order valence-electron chi connectivity index (χ3n) is 4.09. The maximum absolute atomic E-state index is 12.4. The number of likely N-dealkylation sites (tertiary alicyclic amines) is 1. The minimum Gasteiger partial charge on any atom is -0.298 e. The van der Waals surface area contributed by atoms with Crippen LogP contribution in [0.5, 0.6) is 0 Å². The molecule has 122 valence electrons. The van der Waals surface area contributed by atoms with Crippen LogP contribution in [0, 0.1) is 13.8 Å². The van der Waals surface area contributed by atoms with Crippen molar-refractivity contribution >= 4 is 22.4 Å². The zero-order valence-corrected chi connectivity index (χ0v) is 14.6. The molecule has 1 fully saturated rings. The molecule has 0 radical (unpaired) electrons. The number of thiazole rings is 1. The van der Waals surface area contributed by atoms with E-state index in [0.29, 0.717) is 10.7 Å². The van der Waals surface area contributed by atoms with Crippen molar-refractivity contribution in [3.8, 4) is 0 Å². The lowest BCUT2D eigenvalue weighted by atomic mass is 10.1. The Labute approximate surface area is 141 Å². The molecular formula is C18H23N3OS. The van der Waals surface area contributed by atoms with Crippen LogP contribution in [0.1, 0.15) is 46.4 Å². The second-order valence-electron chi connectivity index (χ2n) is 6.31. The van der Waals surface area contributed by atoms with Gasteiger partial charge in [-0.2, -0.15) is 0 Å². The summed E-state index contributed by atoms with van der Waals surface area (Å²) in [4.78, 5) is 19.4. The number of rotatable bonds is 4. The van der Waals surface area contributed by atoms with Crippen molar-refractivity contribution in [1.82, 2.24) is 9.88 Å². The molecule has 3 rings (SSSR count). The van der Waals surface area contributed by atoms with E-state index in [-0.39, 0.29) is 5.91 Å². The maximum atomic E-state index is 12.4. The summed E-state index contributed by atoms with van der Waals surface area (Å²) in [7, 11) is 0. The van der Waals surface area contributed by atoms with Crippen LogP contribution in [0.3, 0.4) is 0 Å². The van der Waals surface area contributed by atoms with Crippen LogP contribution >= 0.6 is 11.3 Å². The highest BCUT2D eigenvalue weighted by Gasteiger charge is 2.14. The van der Waals surface area contributed by atoms with Gasteiger partial charge >= 0.3 is 0 Å². The quantitative estimate of drug-likeness (QED) is 0.922. The third kappa shape index (κ3) is 4.39. The lowest BCUT2D eigenvalue weighted by Crippen LogP contribution is -2.29. The summed E-state index contributed by atoms with van der Waals surface area (Å²) in [5, 5.41) is 5.65. The summed E-state index contributed by atoms with van der Waals surface area (Å²) in [6, 6.07) is 5.88. The van der Waals surface area contributed by atoms with Crippen molar-refractivity contribution in [2.24, 2.45) is 0 Å². The summed E-state index contributed by atoms with van der Waals surface area (Å²) in [5.74, 6) is -0.0873. The zero-order chi connectivity index (χ0) is 16.2. The Morgan fingerprint density at radius 1 is 1.17 bits per heavy atom. The molecule has 1 aromatic carbocycles. The number of benzene rings is 1. The van der Waals surface area contributed by atoms with E-state index in [2.05, 4.69) is 21.3 Å². The van der Waals surface area contributed by atoms with Crippen molar-refractivity contribution in [3.05, 3.63) is 46.0 Å². The van der Waals surface area contributed by atoms with Crippen molar-refractivity contribution in [2.45, 2.75) is 39.7 Å². The Kier molecular flexibility index (Phi) is 5.08. The van der Waals surface area contributed by atoms with E-state index in [1.54, 1.807) is 0 Å². The Morgan fingerprint density at radius 2 is 1.87 bits per heavy atom. The van der Waals surface area contributed by atoms with Crippen molar-refractivity contribution in [3.63, 3.8) is 0 Å². The number of nitrogens with zero attached hydrogens (tertiary/aromatic N) is 2. The molecule has 0 saturated carbocycles. The van der Waals surface area contributed by atoms with Crippen LogP contribution in [0.15, 0.2) is 23.6 Å². The minimum absolute atomic E-state index is 0.0873. The van der Waals surface area contributed by atoms with Gasteiger partial charge in [0.05, 0.1) is 5.69 Å². The van der Waals surface area contributed by atoms with Crippen LogP contribution < -0.4 is 5.32 Å². The lowest BCUT2D eigenvalue weighted by molar-refractivity contribution is 0.102. The van der Waals surface area contributed by atoms with Gasteiger partial charge in [-0.1, -0.05) is 23.6 Å². The molecule has 2 aromatic rings. The SMILES string of the molecule is Cc1cc(C)cc(C(=O)Nc2nc(CN3CCCCC3)cs2)c1. The van der Waals surface area contributed by atoms with Crippen LogP contribution in [0.25, 0.3) is 0 Å². The van der Waals surface area contributed by atoms with Crippen LogP contribution in [0.2, 0.25) is 0 Å². The summed E-state index contributed by atoms with van der Waals surface area (Å²) >= 11 is 1.50. The van der Waals surface area contributed by atoms with E-state index < -0.39 is 0 Å². The molecule has 2 heterocycles. The Hall–Kier alpha value is -1.72. The first-order valence-electron chi connectivity index (χ1n) is 8.16. The number of amides is 1. The first kappa shape index (κ1) is 16.1. The fraction of sp³-hybridized carbons (Fsp3) is 0.444. The standard InChI is InChI=1S/C18H23N3OS/c1-13-8-14(2)10-15(9-13)17(22)20-18-19-16(12-23-18)11-21-6-4-3-5-7-21/h8-10,12H,3-7,11H2,1-2H3,(H,19,20,22). The molecule has 1 saturated heterocycles. The molecule has 1 aliphatic heterocycles. The number of hydrogen-bond donors (Lipinski definition) is 1. The van der Waals surface area contributed by atoms with Crippen LogP contribution in [0.4, 0.5) is 5.13 Å². The van der Waals surface area contributed by atoms with Crippen LogP contribution in [-0.2, 0) is 6.54 Å². The van der Waals surface area contributed by atoms with Gasteiger partial charge in [-0.3, -0.25) is 15.0 Å². The van der Waals surface area contributed by atoms with Gasteiger partial charge in [0.15, 0.2) is 5.13 Å². The Balaban J connectivity index is 1.62. The normalized spacial score (nSPS) is 15.6. The number of aromatic nitrogens is 1. The second kappa shape index (κ2) is 7.23. The van der Waals surface area contributed by atoms with Gasteiger partial charge in [0.25, 0.3) is 5.91 Å². The smallest absolute Gasteiger partial charge is 0.257 e. The fourth-order valence-corrected chi connectivity index (χ4v) is 3.76. The lowest BCUT2D eigenvalue weighted by Gasteiger charge is -2.25. The molecule has 0 unspecified atom stereocenters. The largest absolute Gasteiger partial charge is 0.298 e. The highest BCUT2D eigenvalue weighted by molar-refractivity contribution is 7.13. The molecule has 1 aliphatic rings.